The molecule has 1 fully saturated rings. The van der Waals surface area contributed by atoms with Gasteiger partial charge in [0.25, 0.3) is 0 Å². The number of nitrogens with one attached hydrogen (secondary N) is 1. The Hall–Kier alpha value is -2.08. The minimum atomic E-state index is -0.258. The molecule has 1 heterocycles. The van der Waals surface area contributed by atoms with Crippen LogP contribution in [0.15, 0.2) is 24.3 Å². The summed E-state index contributed by atoms with van der Waals surface area (Å²) in [5.74, 6) is 0.657. The van der Waals surface area contributed by atoms with Crippen LogP contribution in [-0.2, 0) is 9.53 Å². The van der Waals surface area contributed by atoms with Gasteiger partial charge in [-0.2, -0.15) is 0 Å². The third-order valence-electron chi connectivity index (χ3n) is 5.10. The molecular weight excluding hydrogens is 354 g/mol. The summed E-state index contributed by atoms with van der Waals surface area (Å²) in [4.78, 5) is 28.9. The number of ether oxygens (including phenoxy) is 1. The van der Waals surface area contributed by atoms with E-state index < -0.39 is 0 Å². The second-order valence-electron chi connectivity index (χ2n) is 8.25. The maximum Gasteiger partial charge on any atom is 0.409 e. The molecule has 0 radical (unpaired) electrons. The molecule has 156 valence electrons. The number of amides is 2. The molecule has 28 heavy (non-hydrogen) atoms. The largest absolute Gasteiger partial charge is 0.449 e. The number of carbonyl (C=O) groups is 2. The maximum absolute atomic E-state index is 12.8. The minimum Gasteiger partial charge on any atom is -0.449 e. The van der Waals surface area contributed by atoms with Crippen LogP contribution in [0, 0.1) is 5.92 Å². The van der Waals surface area contributed by atoms with E-state index in [1.165, 1.54) is 0 Å². The molecule has 0 bridgehead atoms. The Morgan fingerprint density at radius 3 is 2.43 bits per heavy atom. The first kappa shape index (κ1) is 22.2. The number of hydrogen-bond acceptors (Lipinski definition) is 4. The highest BCUT2D eigenvalue weighted by molar-refractivity contribution is 5.95. The normalized spacial score (nSPS) is 16.8. The molecule has 1 aliphatic heterocycles. The fraction of sp³-hybridized carbons (Fsp3) is 0.636. The van der Waals surface area contributed by atoms with Crippen LogP contribution in [-0.4, -0.2) is 60.6 Å². The molecule has 1 aromatic rings. The van der Waals surface area contributed by atoms with Gasteiger partial charge in [-0.25, -0.2) is 4.79 Å². The molecule has 0 aliphatic carbocycles. The average Bonchev–Trinajstić information content (AvgIpc) is 2.92. The highest BCUT2D eigenvalue weighted by Crippen LogP contribution is 2.24. The van der Waals surface area contributed by atoms with E-state index in [1.54, 1.807) is 4.90 Å². The van der Waals surface area contributed by atoms with Crippen molar-refractivity contribution < 1.29 is 14.3 Å². The van der Waals surface area contributed by atoms with Crippen LogP contribution in [0.5, 0.6) is 0 Å². The highest BCUT2D eigenvalue weighted by atomic mass is 16.6. The van der Waals surface area contributed by atoms with Crippen LogP contribution >= 0.6 is 0 Å². The van der Waals surface area contributed by atoms with E-state index in [4.69, 9.17) is 4.74 Å². The van der Waals surface area contributed by atoms with Gasteiger partial charge in [-0.1, -0.05) is 45.9 Å². The molecule has 1 unspecified atom stereocenters. The van der Waals surface area contributed by atoms with Gasteiger partial charge < -0.3 is 15.0 Å². The molecule has 0 saturated carbocycles. The Morgan fingerprint density at radius 2 is 1.75 bits per heavy atom. The summed E-state index contributed by atoms with van der Waals surface area (Å²) >= 11 is 0. The van der Waals surface area contributed by atoms with E-state index in [9.17, 15) is 9.59 Å². The first-order valence-corrected chi connectivity index (χ1v) is 10.3. The van der Waals surface area contributed by atoms with Gasteiger partial charge in [-0.05, 0) is 36.8 Å². The number of benzene rings is 1. The lowest BCUT2D eigenvalue weighted by Gasteiger charge is -2.27. The van der Waals surface area contributed by atoms with Crippen molar-refractivity contribution in [3.8, 4) is 0 Å². The number of para-hydroxylation sites is 1. The second-order valence-corrected chi connectivity index (χ2v) is 8.25. The van der Waals surface area contributed by atoms with Crippen molar-refractivity contribution in [2.24, 2.45) is 5.92 Å². The van der Waals surface area contributed by atoms with Gasteiger partial charge in [0, 0.05) is 31.9 Å². The monoisotopic (exact) mass is 389 g/mol. The third kappa shape index (κ3) is 6.23. The van der Waals surface area contributed by atoms with Crippen LogP contribution in [0.4, 0.5) is 10.5 Å². The summed E-state index contributed by atoms with van der Waals surface area (Å²) in [6.07, 6.45) is 0.579. The van der Waals surface area contributed by atoms with Crippen LogP contribution in [0.1, 0.15) is 52.5 Å². The molecule has 0 aromatic heterocycles. The zero-order valence-electron chi connectivity index (χ0n) is 17.9. The fourth-order valence-electron chi connectivity index (χ4n) is 3.35. The second kappa shape index (κ2) is 10.5. The van der Waals surface area contributed by atoms with Gasteiger partial charge in [-0.3, -0.25) is 9.69 Å². The van der Waals surface area contributed by atoms with Crippen LogP contribution < -0.4 is 5.32 Å². The molecule has 2 amide bonds. The quantitative estimate of drug-likeness (QED) is 0.801. The van der Waals surface area contributed by atoms with E-state index in [0.717, 1.165) is 24.2 Å². The van der Waals surface area contributed by atoms with E-state index in [-0.39, 0.29) is 18.0 Å². The van der Waals surface area contributed by atoms with Crippen molar-refractivity contribution in [3.63, 3.8) is 0 Å². The predicted molar refractivity (Wildman–Crippen MR) is 113 cm³/mol. The first-order valence-electron chi connectivity index (χ1n) is 10.3. The number of hydrogen-bond donors (Lipinski definition) is 1. The van der Waals surface area contributed by atoms with Gasteiger partial charge in [0.1, 0.15) is 0 Å². The lowest BCUT2D eigenvalue weighted by Crippen LogP contribution is -2.44. The zero-order chi connectivity index (χ0) is 20.7. The number of rotatable bonds is 6. The van der Waals surface area contributed by atoms with Gasteiger partial charge >= 0.3 is 6.09 Å². The number of nitrogens with zero attached hydrogens (tertiary/aromatic N) is 2. The first-order chi connectivity index (χ1) is 13.3. The van der Waals surface area contributed by atoms with Gasteiger partial charge in [-0.15, -0.1) is 0 Å². The summed E-state index contributed by atoms with van der Waals surface area (Å²) in [5.41, 5.74) is 2.01. The van der Waals surface area contributed by atoms with E-state index in [0.29, 0.717) is 38.1 Å². The topological polar surface area (TPSA) is 61.9 Å². The van der Waals surface area contributed by atoms with Crippen molar-refractivity contribution in [1.82, 2.24) is 9.80 Å². The van der Waals surface area contributed by atoms with Gasteiger partial charge in [0.2, 0.25) is 5.91 Å². The van der Waals surface area contributed by atoms with Gasteiger partial charge in [0.05, 0.1) is 12.6 Å². The summed E-state index contributed by atoms with van der Waals surface area (Å²) in [6, 6.07) is 7.69. The van der Waals surface area contributed by atoms with Gasteiger partial charge in [0.15, 0.2) is 0 Å². The molecule has 6 nitrogen and oxygen atoms in total. The number of carbonyl (C=O) groups excluding carboxylic acids is 2. The molecular formula is C22H35N3O3. The smallest absolute Gasteiger partial charge is 0.409 e. The summed E-state index contributed by atoms with van der Waals surface area (Å²) < 4.78 is 5.35. The highest BCUT2D eigenvalue weighted by Gasteiger charge is 2.26. The molecule has 1 saturated heterocycles. The Balaban J connectivity index is 1.93. The van der Waals surface area contributed by atoms with Crippen molar-refractivity contribution in [2.45, 2.75) is 53.0 Å². The molecule has 1 aromatic carbocycles. The summed E-state index contributed by atoms with van der Waals surface area (Å²) in [7, 11) is 0. The standard InChI is InChI=1S/C22H35N3O3/c1-16(2)15-28-22(27)25-12-8-11-24(13-14-25)18(5)21(26)23-20-10-7-6-9-19(20)17(3)4/h6-7,9-10,16-18H,8,11-15H2,1-5H3,(H,23,26). The van der Waals surface area contributed by atoms with E-state index in [1.807, 2.05) is 39.0 Å². The minimum absolute atomic E-state index is 0.0102. The number of anilines is 1. The molecule has 2 rings (SSSR count). The molecule has 6 heteroatoms. The Bertz CT molecular complexity index is 660. The van der Waals surface area contributed by atoms with Crippen molar-refractivity contribution in [2.75, 3.05) is 38.1 Å². The van der Waals surface area contributed by atoms with Crippen LogP contribution in [0.25, 0.3) is 0 Å². The zero-order valence-corrected chi connectivity index (χ0v) is 17.9. The summed E-state index contributed by atoms with van der Waals surface area (Å²) in [5, 5.41) is 3.09. The van der Waals surface area contributed by atoms with E-state index in [2.05, 4.69) is 30.1 Å². The maximum atomic E-state index is 12.8. The van der Waals surface area contributed by atoms with Crippen molar-refractivity contribution in [3.05, 3.63) is 29.8 Å². The Labute approximate surface area is 169 Å². The molecule has 0 spiro atoms. The Kier molecular flexibility index (Phi) is 8.30. The Morgan fingerprint density at radius 1 is 1.04 bits per heavy atom. The third-order valence-corrected chi connectivity index (χ3v) is 5.10. The van der Waals surface area contributed by atoms with Crippen LogP contribution in [0.3, 0.4) is 0 Å². The van der Waals surface area contributed by atoms with Crippen molar-refractivity contribution >= 4 is 17.7 Å². The lowest BCUT2D eigenvalue weighted by molar-refractivity contribution is -0.120. The molecule has 1 atom stereocenters. The predicted octanol–water partition coefficient (Wildman–Crippen LogP) is 3.94. The lowest BCUT2D eigenvalue weighted by atomic mass is 10.0. The summed E-state index contributed by atoms with van der Waals surface area (Å²) in [6.45, 7) is 13.4. The molecule has 1 N–H and O–H groups in total. The molecule has 1 aliphatic rings. The van der Waals surface area contributed by atoms with E-state index >= 15 is 0 Å². The van der Waals surface area contributed by atoms with Crippen LogP contribution in [0.2, 0.25) is 0 Å². The average molecular weight is 390 g/mol. The SMILES string of the molecule is CC(C)COC(=O)N1CCCN(C(C)C(=O)Nc2ccccc2C(C)C)CC1. The fourth-order valence-corrected chi connectivity index (χ4v) is 3.35. The van der Waals surface area contributed by atoms with Crippen molar-refractivity contribution in [1.29, 1.82) is 0 Å².